The van der Waals surface area contributed by atoms with Crippen molar-refractivity contribution in [1.82, 2.24) is 9.80 Å². The average molecular weight is 709 g/mol. The molecule has 2 unspecified atom stereocenters. The van der Waals surface area contributed by atoms with E-state index in [-0.39, 0.29) is 16.9 Å². The molecule has 2 aliphatic carbocycles. The first-order valence-electron chi connectivity index (χ1n) is 15.7. The van der Waals surface area contributed by atoms with Crippen LogP contribution in [-0.2, 0) is 24.6 Å². The largest absolute Gasteiger partial charge is 0.313 e. The smallest absolute Gasteiger partial charge is 0.302 e. The van der Waals surface area contributed by atoms with Crippen LogP contribution in [0.5, 0.6) is 0 Å². The number of fused-ring (bicyclic) bond motifs is 9. The van der Waals surface area contributed by atoms with Crippen molar-refractivity contribution < 1.29 is 19.2 Å². The number of likely N-dealkylation sites (N-methyl/N-ethyl adjacent to an activating group) is 2. The fourth-order valence-electron chi connectivity index (χ4n) is 7.85. The maximum Gasteiger partial charge on any atom is 0.313 e. The van der Waals surface area contributed by atoms with E-state index in [9.17, 15) is 24.4 Å². The van der Waals surface area contributed by atoms with Gasteiger partial charge >= 0.3 is 11.9 Å². The Bertz CT molecular complexity index is 2360. The third-order valence-corrected chi connectivity index (χ3v) is 15.3. The van der Waals surface area contributed by atoms with Gasteiger partial charge in [0, 0.05) is 60.9 Å². The summed E-state index contributed by atoms with van der Waals surface area (Å²) in [4.78, 5) is 61.5. The minimum atomic E-state index is -0.896. The molecular weight excluding hydrogens is 681 g/mol. The van der Waals surface area contributed by atoms with Crippen LogP contribution in [0.25, 0.3) is 45.6 Å². The fraction of sp³-hybridized carbons (Fsp3) is 0.333. The van der Waals surface area contributed by atoms with Crippen LogP contribution in [0.2, 0.25) is 0 Å². The van der Waals surface area contributed by atoms with Crippen LogP contribution in [0.3, 0.4) is 0 Å². The van der Waals surface area contributed by atoms with Gasteiger partial charge in [0.2, 0.25) is 0 Å². The van der Waals surface area contributed by atoms with Crippen LogP contribution >= 0.6 is 45.3 Å². The first-order valence-corrected chi connectivity index (χ1v) is 19.0. The van der Waals surface area contributed by atoms with Gasteiger partial charge in [0.15, 0.2) is 0 Å². The maximum absolute atomic E-state index is 13.1. The SMILES string of the molecule is [C-]#[N+]C1C(=O)N(C)C(=O)/C(=C/c2cc3sc4c(c3s2)C2(CCCCC2)c2c-4sc3cc(/C=C4/C(=O)N(C)C(=O)C(C#N)=C4C)sc23)C1C. The number of carbonyl (C=O) groups excluding carboxylic acids is 4. The second-order valence-corrected chi connectivity index (χ2v) is 17.2. The second kappa shape index (κ2) is 10.9. The lowest BCUT2D eigenvalue weighted by atomic mass is 9.68. The highest BCUT2D eigenvalue weighted by Crippen LogP contribution is 2.66. The lowest BCUT2D eigenvalue weighted by Crippen LogP contribution is -2.49. The summed E-state index contributed by atoms with van der Waals surface area (Å²) >= 11 is 6.98. The van der Waals surface area contributed by atoms with Crippen molar-refractivity contribution in [2.75, 3.05) is 14.1 Å². The van der Waals surface area contributed by atoms with E-state index in [4.69, 9.17) is 6.57 Å². The maximum atomic E-state index is 13.1. The predicted molar refractivity (Wildman–Crippen MR) is 192 cm³/mol. The molecule has 2 fully saturated rings. The number of amides is 4. The topological polar surface area (TPSA) is 103 Å². The molecule has 0 radical (unpaired) electrons. The average Bonchev–Trinajstić information content (AvgIpc) is 3.85. The number of piperidine rings is 1. The van der Waals surface area contributed by atoms with Crippen LogP contribution in [0.1, 0.15) is 66.8 Å². The zero-order valence-electron chi connectivity index (χ0n) is 26.6. The zero-order valence-corrected chi connectivity index (χ0v) is 29.8. The van der Waals surface area contributed by atoms with Crippen molar-refractivity contribution in [3.05, 3.63) is 66.7 Å². The van der Waals surface area contributed by atoms with Crippen LogP contribution in [-0.4, -0.2) is 53.6 Å². The molecule has 1 spiro atoms. The van der Waals surface area contributed by atoms with Gasteiger partial charge in [-0.25, -0.2) is 6.57 Å². The molecule has 0 bridgehead atoms. The van der Waals surface area contributed by atoms with Crippen molar-refractivity contribution in [2.45, 2.75) is 57.4 Å². The standard InChI is InChI=1S/C36H28N4O4S4/c1-16-20(32(41)39(4)34(43)22(16)15-37)11-18-13-23-28(45-18)25-30(47-23)31-26(36(25)9-7-6-8-10-36)29-24(48-31)14-19(46-29)12-21-17(2)27(38-3)35(44)40(5)33(21)42/h11-14,17,27H,6-10H2,1-2,4-5H3/b20-11+,21-12+. The highest BCUT2D eigenvalue weighted by atomic mass is 32.1. The van der Waals surface area contributed by atoms with Gasteiger partial charge in [-0.15, -0.1) is 45.3 Å². The summed E-state index contributed by atoms with van der Waals surface area (Å²) in [5.74, 6) is -2.23. The number of carbonyl (C=O) groups is 4. The summed E-state index contributed by atoms with van der Waals surface area (Å²) in [6.07, 6.45) is 9.30. The van der Waals surface area contributed by atoms with Crippen molar-refractivity contribution in [1.29, 1.82) is 5.26 Å². The van der Waals surface area contributed by atoms with Gasteiger partial charge in [0.1, 0.15) is 11.6 Å². The Morgan fingerprint density at radius 3 is 2.02 bits per heavy atom. The first-order chi connectivity index (χ1) is 23.0. The predicted octanol–water partition coefficient (Wildman–Crippen LogP) is 8.00. The number of hydrogen-bond acceptors (Lipinski definition) is 9. The monoisotopic (exact) mass is 708 g/mol. The molecule has 240 valence electrons. The molecular formula is C36H28N4O4S4. The van der Waals surface area contributed by atoms with Crippen LogP contribution in [0.15, 0.2) is 34.4 Å². The molecule has 4 aromatic heterocycles. The van der Waals surface area contributed by atoms with Crippen LogP contribution in [0, 0.1) is 23.8 Å². The van der Waals surface area contributed by atoms with Gasteiger partial charge in [0.05, 0.1) is 25.1 Å². The molecule has 1 saturated carbocycles. The lowest BCUT2D eigenvalue weighted by molar-refractivity contribution is -0.144. The molecule has 4 amide bonds. The number of likely N-dealkylation sites (tertiary alicyclic amines) is 1. The molecule has 6 heterocycles. The Kier molecular flexibility index (Phi) is 7.07. The number of hydrogen-bond donors (Lipinski definition) is 0. The van der Waals surface area contributed by atoms with Crippen molar-refractivity contribution in [2.24, 2.45) is 5.92 Å². The molecule has 2 aliphatic heterocycles. The van der Waals surface area contributed by atoms with Crippen molar-refractivity contribution in [3.8, 4) is 15.8 Å². The van der Waals surface area contributed by atoms with Crippen LogP contribution in [0.4, 0.5) is 0 Å². The van der Waals surface area contributed by atoms with E-state index < -0.39 is 29.7 Å². The van der Waals surface area contributed by atoms with E-state index in [1.807, 2.05) is 29.6 Å². The second-order valence-electron chi connectivity index (χ2n) is 12.9. The molecule has 4 aliphatic rings. The Morgan fingerprint density at radius 1 is 0.875 bits per heavy atom. The number of thiophene rings is 4. The summed E-state index contributed by atoms with van der Waals surface area (Å²) in [6, 6.07) is 5.37. The zero-order chi connectivity index (χ0) is 33.8. The van der Waals surface area contributed by atoms with Crippen LogP contribution < -0.4 is 0 Å². The van der Waals surface area contributed by atoms with Gasteiger partial charge in [-0.3, -0.25) is 29.0 Å². The summed E-state index contributed by atoms with van der Waals surface area (Å²) in [5, 5.41) is 9.61. The molecule has 0 N–H and O–H groups in total. The summed E-state index contributed by atoms with van der Waals surface area (Å²) in [5.41, 5.74) is 3.97. The highest BCUT2D eigenvalue weighted by molar-refractivity contribution is 7.35. The molecule has 8 rings (SSSR count). The van der Waals surface area contributed by atoms with Gasteiger partial charge in [0.25, 0.3) is 17.7 Å². The van der Waals surface area contributed by atoms with E-state index >= 15 is 0 Å². The van der Waals surface area contributed by atoms with Crippen molar-refractivity contribution in [3.63, 3.8) is 0 Å². The third-order valence-electron chi connectivity index (χ3n) is 10.4. The summed E-state index contributed by atoms with van der Waals surface area (Å²) in [7, 11) is 2.87. The highest BCUT2D eigenvalue weighted by Gasteiger charge is 2.50. The summed E-state index contributed by atoms with van der Waals surface area (Å²) in [6.45, 7) is 11.0. The molecule has 8 nitrogen and oxygen atoms in total. The molecule has 48 heavy (non-hydrogen) atoms. The molecule has 0 aromatic carbocycles. The fourth-order valence-corrected chi connectivity index (χ4v) is 13.6. The van der Waals surface area contributed by atoms with E-state index in [2.05, 4.69) is 17.0 Å². The lowest BCUT2D eigenvalue weighted by Gasteiger charge is -2.35. The number of nitriles is 1. The van der Waals surface area contributed by atoms with Gasteiger partial charge in [-0.05, 0) is 49.6 Å². The van der Waals surface area contributed by atoms with E-state index in [0.717, 1.165) is 45.2 Å². The molecule has 12 heteroatoms. The molecule has 2 atom stereocenters. The molecule has 1 saturated heterocycles. The minimum Gasteiger partial charge on any atom is -0.302 e. The van der Waals surface area contributed by atoms with E-state index in [1.165, 1.54) is 60.2 Å². The Morgan fingerprint density at radius 2 is 1.46 bits per heavy atom. The minimum absolute atomic E-state index is 0.00258. The van der Waals surface area contributed by atoms with E-state index in [1.54, 1.807) is 47.9 Å². The Balaban J connectivity index is 1.24. The quantitative estimate of drug-likeness (QED) is 0.119. The normalized spacial score (nSPS) is 24.0. The molecule has 4 aromatic rings. The van der Waals surface area contributed by atoms with Gasteiger partial charge in [-0.1, -0.05) is 26.2 Å². The number of imide groups is 2. The van der Waals surface area contributed by atoms with Gasteiger partial charge < -0.3 is 4.85 Å². The van der Waals surface area contributed by atoms with Crippen molar-refractivity contribution >= 4 is 99.9 Å². The van der Waals surface area contributed by atoms with E-state index in [0.29, 0.717) is 16.7 Å². The third kappa shape index (κ3) is 4.13. The summed E-state index contributed by atoms with van der Waals surface area (Å²) < 4.78 is 4.88. The first kappa shape index (κ1) is 31.1. The Labute approximate surface area is 292 Å². The Hall–Kier alpha value is -4.20. The number of nitrogens with zero attached hydrogens (tertiary/aromatic N) is 4. The number of rotatable bonds is 2. The van der Waals surface area contributed by atoms with Gasteiger partial charge in [-0.2, -0.15) is 5.26 Å².